The van der Waals surface area contributed by atoms with Gasteiger partial charge in [-0.2, -0.15) is 0 Å². The average molecular weight is 158 g/mol. The molecule has 0 aromatic heterocycles. The summed E-state index contributed by atoms with van der Waals surface area (Å²) < 4.78 is 5.66. The van der Waals surface area contributed by atoms with Gasteiger partial charge >= 0.3 is 0 Å². The van der Waals surface area contributed by atoms with Crippen molar-refractivity contribution in [2.45, 2.75) is 45.3 Å². The molecule has 2 nitrogen and oxygen atoms in total. The molecule has 3 unspecified atom stereocenters. The van der Waals surface area contributed by atoms with E-state index in [9.17, 15) is 0 Å². The molecule has 1 fully saturated rings. The average Bonchev–Trinajstić information content (AvgIpc) is 2.36. The third-order valence-corrected chi connectivity index (χ3v) is 2.48. The molecule has 66 valence electrons. The number of aliphatic hydroxyl groups is 1. The van der Waals surface area contributed by atoms with Crippen LogP contribution in [0.2, 0.25) is 0 Å². The molecule has 11 heavy (non-hydrogen) atoms. The number of rotatable bonds is 3. The molecule has 1 aliphatic heterocycles. The predicted octanol–water partition coefficient (Wildman–Crippen LogP) is 1.57. The van der Waals surface area contributed by atoms with E-state index in [2.05, 4.69) is 13.8 Å². The van der Waals surface area contributed by atoms with Crippen molar-refractivity contribution < 1.29 is 9.84 Å². The second-order valence-corrected chi connectivity index (χ2v) is 3.55. The normalized spacial score (nSPS) is 34.1. The smallest absolute Gasteiger partial charge is 0.0606 e. The maximum Gasteiger partial charge on any atom is 0.0606 e. The molecule has 0 radical (unpaired) electrons. The Morgan fingerprint density at radius 3 is 2.73 bits per heavy atom. The Labute approximate surface area is 68.6 Å². The Balaban J connectivity index is 2.25. The number of aliphatic hydroxyl groups excluding tert-OH is 1. The molecule has 1 saturated heterocycles. The highest BCUT2D eigenvalue weighted by atomic mass is 16.5. The van der Waals surface area contributed by atoms with Crippen LogP contribution < -0.4 is 0 Å². The lowest BCUT2D eigenvalue weighted by atomic mass is 9.99. The summed E-state index contributed by atoms with van der Waals surface area (Å²) in [6, 6.07) is 0. The molecule has 0 spiro atoms. The minimum atomic E-state index is 0.287. The van der Waals surface area contributed by atoms with E-state index in [0.717, 1.165) is 6.42 Å². The van der Waals surface area contributed by atoms with E-state index in [1.54, 1.807) is 0 Å². The summed E-state index contributed by atoms with van der Waals surface area (Å²) in [7, 11) is 0. The minimum Gasteiger partial charge on any atom is -0.396 e. The monoisotopic (exact) mass is 158 g/mol. The highest BCUT2D eigenvalue weighted by Crippen LogP contribution is 2.26. The molecule has 3 atom stereocenters. The standard InChI is InChI=1S/C9H18O2/c1-7(5-6-10)9-4-3-8(2)11-9/h7-10H,3-6H2,1-2H3. The second-order valence-electron chi connectivity index (χ2n) is 3.55. The summed E-state index contributed by atoms with van der Waals surface area (Å²) in [5.74, 6) is 0.518. The molecule has 1 N–H and O–H groups in total. The van der Waals surface area contributed by atoms with Crippen molar-refractivity contribution in [1.82, 2.24) is 0 Å². The maximum absolute atomic E-state index is 8.71. The topological polar surface area (TPSA) is 29.5 Å². The lowest BCUT2D eigenvalue weighted by molar-refractivity contribution is 0.0175. The van der Waals surface area contributed by atoms with Crippen molar-refractivity contribution in [1.29, 1.82) is 0 Å². The molecule has 1 aliphatic rings. The van der Waals surface area contributed by atoms with E-state index in [1.165, 1.54) is 12.8 Å². The first kappa shape index (κ1) is 9.01. The van der Waals surface area contributed by atoms with Crippen LogP contribution in [0.5, 0.6) is 0 Å². The Morgan fingerprint density at radius 2 is 2.27 bits per heavy atom. The van der Waals surface area contributed by atoms with E-state index >= 15 is 0 Å². The third kappa shape index (κ3) is 2.46. The molecule has 1 heterocycles. The van der Waals surface area contributed by atoms with E-state index in [-0.39, 0.29) is 6.61 Å². The Morgan fingerprint density at radius 1 is 1.55 bits per heavy atom. The van der Waals surface area contributed by atoms with Crippen LogP contribution in [0, 0.1) is 5.92 Å². The highest BCUT2D eigenvalue weighted by Gasteiger charge is 2.26. The number of ether oxygens (including phenoxy) is 1. The molecule has 0 aromatic rings. The fraction of sp³-hybridized carbons (Fsp3) is 1.00. The Hall–Kier alpha value is -0.0800. The van der Waals surface area contributed by atoms with E-state index < -0.39 is 0 Å². The van der Waals surface area contributed by atoms with Gasteiger partial charge in [0.2, 0.25) is 0 Å². The van der Waals surface area contributed by atoms with Crippen molar-refractivity contribution in [2.75, 3.05) is 6.61 Å². The van der Waals surface area contributed by atoms with Crippen LogP contribution in [-0.4, -0.2) is 23.9 Å². The molecule has 0 amide bonds. The van der Waals surface area contributed by atoms with Crippen molar-refractivity contribution in [3.63, 3.8) is 0 Å². The summed E-state index contributed by atoms with van der Waals surface area (Å²) in [6.07, 6.45) is 4.05. The van der Waals surface area contributed by atoms with Crippen LogP contribution in [0.1, 0.15) is 33.1 Å². The van der Waals surface area contributed by atoms with Crippen LogP contribution in [0.3, 0.4) is 0 Å². The number of hydrogen-bond acceptors (Lipinski definition) is 2. The Kier molecular flexibility index (Phi) is 3.34. The summed E-state index contributed by atoms with van der Waals surface area (Å²) in [6.45, 7) is 4.56. The molecule has 0 bridgehead atoms. The van der Waals surface area contributed by atoms with E-state index in [0.29, 0.717) is 18.1 Å². The first-order valence-corrected chi connectivity index (χ1v) is 4.50. The van der Waals surface area contributed by atoms with Crippen LogP contribution in [0.15, 0.2) is 0 Å². The molecule has 0 aliphatic carbocycles. The van der Waals surface area contributed by atoms with Gasteiger partial charge in [-0.25, -0.2) is 0 Å². The summed E-state index contributed by atoms with van der Waals surface area (Å²) in [4.78, 5) is 0. The zero-order chi connectivity index (χ0) is 8.27. The van der Waals surface area contributed by atoms with Crippen LogP contribution in [0.4, 0.5) is 0 Å². The van der Waals surface area contributed by atoms with Crippen LogP contribution in [0.25, 0.3) is 0 Å². The van der Waals surface area contributed by atoms with E-state index in [1.807, 2.05) is 0 Å². The largest absolute Gasteiger partial charge is 0.396 e. The molecule has 0 aromatic carbocycles. The van der Waals surface area contributed by atoms with Gasteiger partial charge in [0, 0.05) is 6.61 Å². The number of hydrogen-bond donors (Lipinski definition) is 1. The van der Waals surface area contributed by atoms with Crippen molar-refractivity contribution in [2.24, 2.45) is 5.92 Å². The third-order valence-electron chi connectivity index (χ3n) is 2.48. The van der Waals surface area contributed by atoms with Gasteiger partial charge in [-0.3, -0.25) is 0 Å². The fourth-order valence-electron chi connectivity index (χ4n) is 1.64. The van der Waals surface area contributed by atoms with Crippen LogP contribution >= 0.6 is 0 Å². The zero-order valence-corrected chi connectivity index (χ0v) is 7.42. The Bertz CT molecular complexity index is 114. The molecular weight excluding hydrogens is 140 g/mol. The van der Waals surface area contributed by atoms with Gasteiger partial charge in [0.25, 0.3) is 0 Å². The second kappa shape index (κ2) is 4.07. The van der Waals surface area contributed by atoms with Gasteiger partial charge in [0.15, 0.2) is 0 Å². The van der Waals surface area contributed by atoms with E-state index in [4.69, 9.17) is 9.84 Å². The zero-order valence-electron chi connectivity index (χ0n) is 7.42. The minimum absolute atomic E-state index is 0.287. The van der Waals surface area contributed by atoms with Crippen molar-refractivity contribution >= 4 is 0 Å². The van der Waals surface area contributed by atoms with Gasteiger partial charge in [-0.15, -0.1) is 0 Å². The SMILES string of the molecule is CC1CCC(C(C)CCO)O1. The lowest BCUT2D eigenvalue weighted by Gasteiger charge is -2.17. The molecule has 0 saturated carbocycles. The quantitative estimate of drug-likeness (QED) is 0.675. The molecular formula is C9H18O2. The predicted molar refractivity (Wildman–Crippen MR) is 44.4 cm³/mol. The summed E-state index contributed by atoms with van der Waals surface area (Å²) >= 11 is 0. The van der Waals surface area contributed by atoms with Gasteiger partial charge in [0.1, 0.15) is 0 Å². The molecule has 1 rings (SSSR count). The van der Waals surface area contributed by atoms with Crippen molar-refractivity contribution in [3.05, 3.63) is 0 Å². The summed E-state index contributed by atoms with van der Waals surface area (Å²) in [5.41, 5.74) is 0. The first-order chi connectivity index (χ1) is 5.24. The van der Waals surface area contributed by atoms with Gasteiger partial charge in [0.05, 0.1) is 12.2 Å². The van der Waals surface area contributed by atoms with Gasteiger partial charge < -0.3 is 9.84 Å². The highest BCUT2D eigenvalue weighted by molar-refractivity contribution is 4.74. The van der Waals surface area contributed by atoms with Gasteiger partial charge in [-0.1, -0.05) is 6.92 Å². The summed E-state index contributed by atoms with van der Waals surface area (Å²) in [5, 5.41) is 8.71. The van der Waals surface area contributed by atoms with Crippen LogP contribution in [-0.2, 0) is 4.74 Å². The van der Waals surface area contributed by atoms with Gasteiger partial charge in [-0.05, 0) is 32.1 Å². The fourth-order valence-corrected chi connectivity index (χ4v) is 1.64. The molecule has 2 heteroatoms. The lowest BCUT2D eigenvalue weighted by Crippen LogP contribution is -2.18. The maximum atomic E-state index is 8.71. The van der Waals surface area contributed by atoms with Crippen molar-refractivity contribution in [3.8, 4) is 0 Å². The first-order valence-electron chi connectivity index (χ1n) is 4.50.